The standard InChI is InChI=1S/C16H27N5O.2ClH/c1-2-18-15-19-8-13(9-20-15)10-21-7-3-5-16(12-21)11-17-6-4-14(16)22;;/h8-9,14,17,22H,2-7,10-12H2,1H3,(H,18,19,20);2*1H/t14-,16-;;/m0../s1. The van der Waals surface area contributed by atoms with E-state index >= 15 is 0 Å². The predicted octanol–water partition coefficient (Wildman–Crippen LogP) is 1.69. The average molecular weight is 378 g/mol. The molecule has 1 aromatic rings. The fourth-order valence-corrected chi connectivity index (χ4v) is 3.75. The van der Waals surface area contributed by atoms with Crippen molar-refractivity contribution < 1.29 is 5.11 Å². The van der Waals surface area contributed by atoms with Gasteiger partial charge in [0.2, 0.25) is 5.95 Å². The van der Waals surface area contributed by atoms with Crippen molar-refractivity contribution >= 4 is 30.8 Å². The van der Waals surface area contributed by atoms with Crippen LogP contribution in [0.15, 0.2) is 12.4 Å². The van der Waals surface area contributed by atoms with E-state index in [0.717, 1.165) is 64.1 Å². The summed E-state index contributed by atoms with van der Waals surface area (Å²) < 4.78 is 0. The summed E-state index contributed by atoms with van der Waals surface area (Å²) in [6.07, 6.45) is 6.77. The van der Waals surface area contributed by atoms with Gasteiger partial charge in [0.25, 0.3) is 0 Å². The number of halogens is 2. The highest BCUT2D eigenvalue weighted by Gasteiger charge is 2.42. The molecule has 0 aromatic carbocycles. The van der Waals surface area contributed by atoms with Gasteiger partial charge < -0.3 is 15.7 Å². The minimum Gasteiger partial charge on any atom is -0.392 e. The SMILES string of the molecule is CCNc1ncc(CN2CCC[C@]3(CNCC[C@@H]3O)C2)cn1.Cl.Cl. The Balaban J connectivity index is 0.00000144. The fourth-order valence-electron chi connectivity index (χ4n) is 3.75. The molecule has 1 spiro atoms. The number of aromatic nitrogens is 2. The normalized spacial score (nSPS) is 27.2. The molecule has 3 N–H and O–H groups in total. The molecule has 0 bridgehead atoms. The third kappa shape index (κ3) is 4.92. The van der Waals surface area contributed by atoms with Crippen LogP contribution < -0.4 is 10.6 Å². The molecule has 3 heterocycles. The first-order valence-corrected chi connectivity index (χ1v) is 8.38. The maximum atomic E-state index is 10.5. The summed E-state index contributed by atoms with van der Waals surface area (Å²) >= 11 is 0. The topological polar surface area (TPSA) is 73.3 Å². The van der Waals surface area contributed by atoms with E-state index in [1.165, 1.54) is 0 Å². The Hall–Kier alpha value is -0.660. The molecule has 1 aromatic heterocycles. The van der Waals surface area contributed by atoms with Crippen molar-refractivity contribution in [3.8, 4) is 0 Å². The summed E-state index contributed by atoms with van der Waals surface area (Å²) in [4.78, 5) is 11.1. The molecule has 8 heteroatoms. The van der Waals surface area contributed by atoms with Gasteiger partial charge in [-0.3, -0.25) is 4.90 Å². The van der Waals surface area contributed by atoms with E-state index in [2.05, 4.69) is 25.5 Å². The van der Waals surface area contributed by atoms with Crippen molar-refractivity contribution in [2.75, 3.05) is 38.0 Å². The van der Waals surface area contributed by atoms with E-state index in [9.17, 15) is 5.11 Å². The molecule has 2 atom stereocenters. The monoisotopic (exact) mass is 377 g/mol. The summed E-state index contributed by atoms with van der Waals surface area (Å²) in [5.41, 5.74) is 1.16. The number of nitrogens with zero attached hydrogens (tertiary/aromatic N) is 3. The van der Waals surface area contributed by atoms with E-state index in [1.807, 2.05) is 19.3 Å². The lowest BCUT2D eigenvalue weighted by Crippen LogP contribution is -2.57. The van der Waals surface area contributed by atoms with Crippen molar-refractivity contribution in [1.82, 2.24) is 20.2 Å². The Morgan fingerprint density at radius 3 is 2.79 bits per heavy atom. The summed E-state index contributed by atoms with van der Waals surface area (Å²) in [6.45, 7) is 7.64. The molecule has 6 nitrogen and oxygen atoms in total. The van der Waals surface area contributed by atoms with Gasteiger partial charge in [-0.2, -0.15) is 0 Å². The van der Waals surface area contributed by atoms with Crippen LogP contribution in [0, 0.1) is 5.41 Å². The van der Waals surface area contributed by atoms with E-state index in [4.69, 9.17) is 0 Å². The number of piperidine rings is 2. The van der Waals surface area contributed by atoms with E-state index in [-0.39, 0.29) is 36.3 Å². The second kappa shape index (κ2) is 9.73. The maximum Gasteiger partial charge on any atom is 0.222 e. The third-order valence-electron chi connectivity index (χ3n) is 4.91. The van der Waals surface area contributed by atoms with Gasteiger partial charge in [0.1, 0.15) is 0 Å². The molecule has 0 aliphatic carbocycles. The Bertz CT molecular complexity index is 486. The van der Waals surface area contributed by atoms with Crippen LogP contribution in [0.2, 0.25) is 0 Å². The largest absolute Gasteiger partial charge is 0.392 e. The number of aliphatic hydroxyl groups excluding tert-OH is 1. The van der Waals surface area contributed by atoms with E-state index < -0.39 is 0 Å². The molecule has 24 heavy (non-hydrogen) atoms. The lowest BCUT2D eigenvalue weighted by atomic mass is 9.72. The smallest absolute Gasteiger partial charge is 0.222 e. The van der Waals surface area contributed by atoms with Crippen molar-refractivity contribution in [3.63, 3.8) is 0 Å². The summed E-state index contributed by atoms with van der Waals surface area (Å²) in [5, 5.41) is 17.0. The summed E-state index contributed by atoms with van der Waals surface area (Å²) in [6, 6.07) is 0. The average Bonchev–Trinajstić information content (AvgIpc) is 2.53. The van der Waals surface area contributed by atoms with Crippen molar-refractivity contribution in [2.45, 2.75) is 38.8 Å². The second-order valence-corrected chi connectivity index (χ2v) is 6.60. The lowest BCUT2D eigenvalue weighted by Gasteiger charge is -2.48. The number of hydrogen-bond donors (Lipinski definition) is 3. The van der Waals surface area contributed by atoms with Crippen LogP contribution in [0.5, 0.6) is 0 Å². The molecule has 0 saturated carbocycles. The number of anilines is 1. The van der Waals surface area contributed by atoms with Crippen LogP contribution in [-0.2, 0) is 6.54 Å². The van der Waals surface area contributed by atoms with Gasteiger partial charge in [0.15, 0.2) is 0 Å². The summed E-state index contributed by atoms with van der Waals surface area (Å²) in [7, 11) is 0. The van der Waals surface area contributed by atoms with Gasteiger partial charge in [-0.15, -0.1) is 24.8 Å². The quantitative estimate of drug-likeness (QED) is 0.741. The highest BCUT2D eigenvalue weighted by molar-refractivity contribution is 5.85. The molecule has 0 radical (unpaired) electrons. The Labute approximate surface area is 156 Å². The molecule has 138 valence electrons. The van der Waals surface area contributed by atoms with Gasteiger partial charge in [-0.25, -0.2) is 9.97 Å². The molecule has 0 amide bonds. The lowest BCUT2D eigenvalue weighted by molar-refractivity contribution is -0.0514. The van der Waals surface area contributed by atoms with Crippen LogP contribution in [0.25, 0.3) is 0 Å². The molecule has 2 aliphatic heterocycles. The first-order chi connectivity index (χ1) is 10.7. The molecular weight excluding hydrogens is 349 g/mol. The number of nitrogens with one attached hydrogen (secondary N) is 2. The maximum absolute atomic E-state index is 10.5. The number of rotatable bonds is 4. The minimum atomic E-state index is -0.177. The zero-order chi connectivity index (χ0) is 15.4. The third-order valence-corrected chi connectivity index (χ3v) is 4.91. The number of hydrogen-bond acceptors (Lipinski definition) is 6. The highest BCUT2D eigenvalue weighted by atomic mass is 35.5. The van der Waals surface area contributed by atoms with Crippen LogP contribution >= 0.6 is 24.8 Å². The van der Waals surface area contributed by atoms with Crippen LogP contribution in [-0.4, -0.2) is 58.8 Å². The Kier molecular flexibility index (Phi) is 8.67. The van der Waals surface area contributed by atoms with Gasteiger partial charge in [0, 0.05) is 49.6 Å². The Morgan fingerprint density at radius 2 is 2.12 bits per heavy atom. The predicted molar refractivity (Wildman–Crippen MR) is 101 cm³/mol. The van der Waals surface area contributed by atoms with Crippen molar-refractivity contribution in [3.05, 3.63) is 18.0 Å². The van der Waals surface area contributed by atoms with Crippen LogP contribution in [0.4, 0.5) is 5.95 Å². The van der Waals surface area contributed by atoms with E-state index in [1.54, 1.807) is 0 Å². The van der Waals surface area contributed by atoms with Crippen molar-refractivity contribution in [1.29, 1.82) is 0 Å². The molecular formula is C16H29Cl2N5O. The van der Waals surface area contributed by atoms with E-state index in [0.29, 0.717) is 5.95 Å². The number of aliphatic hydroxyl groups is 1. The first-order valence-electron chi connectivity index (χ1n) is 8.38. The second-order valence-electron chi connectivity index (χ2n) is 6.60. The van der Waals surface area contributed by atoms with Gasteiger partial charge in [-0.1, -0.05) is 0 Å². The zero-order valence-corrected chi connectivity index (χ0v) is 15.8. The van der Waals surface area contributed by atoms with Gasteiger partial charge in [0.05, 0.1) is 6.10 Å². The Morgan fingerprint density at radius 1 is 1.38 bits per heavy atom. The molecule has 2 saturated heterocycles. The fraction of sp³-hybridized carbons (Fsp3) is 0.750. The van der Waals surface area contributed by atoms with Crippen LogP contribution in [0.3, 0.4) is 0 Å². The number of likely N-dealkylation sites (tertiary alicyclic amines) is 1. The van der Waals surface area contributed by atoms with Gasteiger partial charge >= 0.3 is 0 Å². The van der Waals surface area contributed by atoms with Crippen LogP contribution in [0.1, 0.15) is 31.7 Å². The molecule has 2 fully saturated rings. The van der Waals surface area contributed by atoms with Crippen molar-refractivity contribution in [2.24, 2.45) is 5.41 Å². The zero-order valence-electron chi connectivity index (χ0n) is 14.2. The highest BCUT2D eigenvalue weighted by Crippen LogP contribution is 2.36. The first kappa shape index (κ1) is 21.4. The molecule has 2 aliphatic rings. The minimum absolute atomic E-state index is 0. The summed E-state index contributed by atoms with van der Waals surface area (Å²) in [5.74, 6) is 0.688. The van der Waals surface area contributed by atoms with Gasteiger partial charge in [-0.05, 0) is 39.3 Å². The molecule has 3 rings (SSSR count). The molecule has 0 unspecified atom stereocenters.